The van der Waals surface area contributed by atoms with Crippen LogP contribution in [0.1, 0.15) is 13.3 Å². The van der Waals surface area contributed by atoms with E-state index in [-0.39, 0.29) is 0 Å². The number of rotatable bonds is 4. The molecule has 0 unspecified atom stereocenters. The van der Waals surface area contributed by atoms with E-state index in [0.29, 0.717) is 0 Å². The number of anilines is 1. The van der Waals surface area contributed by atoms with Crippen LogP contribution in [0.2, 0.25) is 0 Å². The van der Waals surface area contributed by atoms with Gasteiger partial charge in [0, 0.05) is 16.3 Å². The molecule has 0 bridgehead atoms. The largest absolute Gasteiger partial charge is 0.399 e. The summed E-state index contributed by atoms with van der Waals surface area (Å²) in [5.41, 5.74) is 7.64. The highest BCUT2D eigenvalue weighted by atomic mass is 32.2. The molecule has 0 amide bonds. The van der Waals surface area contributed by atoms with Crippen molar-refractivity contribution in [2.75, 3.05) is 11.5 Å². The Labute approximate surface area is 84.0 Å². The summed E-state index contributed by atoms with van der Waals surface area (Å²) in [5.74, 6) is 1.10. The Morgan fingerprint density at radius 3 is 2.54 bits per heavy atom. The summed E-state index contributed by atoms with van der Waals surface area (Å²) in [5, 5.41) is 0. The lowest BCUT2D eigenvalue weighted by Crippen LogP contribution is -1.84. The summed E-state index contributed by atoms with van der Waals surface area (Å²) in [6, 6.07) is 7.98. The first-order chi connectivity index (χ1) is 6.18. The number of hydrogen-bond acceptors (Lipinski definition) is 2. The highest BCUT2D eigenvalue weighted by molar-refractivity contribution is 7.99. The Morgan fingerprint density at radius 2 is 2.00 bits per heavy atom. The Morgan fingerprint density at radius 1 is 1.38 bits per heavy atom. The lowest BCUT2D eigenvalue weighted by atomic mass is 10.3. The van der Waals surface area contributed by atoms with Gasteiger partial charge in [0.1, 0.15) is 0 Å². The average molecular weight is 193 g/mol. The van der Waals surface area contributed by atoms with Crippen LogP contribution in [0.4, 0.5) is 5.69 Å². The topological polar surface area (TPSA) is 26.0 Å². The van der Waals surface area contributed by atoms with Gasteiger partial charge in [0.25, 0.3) is 0 Å². The van der Waals surface area contributed by atoms with Crippen LogP contribution in [-0.2, 0) is 0 Å². The van der Waals surface area contributed by atoms with Crippen LogP contribution in [0, 0.1) is 0 Å². The fourth-order valence-corrected chi connectivity index (χ4v) is 1.92. The van der Waals surface area contributed by atoms with E-state index in [2.05, 4.69) is 25.6 Å². The highest BCUT2D eigenvalue weighted by Crippen LogP contribution is 2.20. The number of nitrogens with two attached hydrogens (primary N) is 1. The van der Waals surface area contributed by atoms with Crippen LogP contribution in [-0.4, -0.2) is 5.75 Å². The van der Waals surface area contributed by atoms with E-state index in [4.69, 9.17) is 5.73 Å². The minimum atomic E-state index is 0.823. The molecule has 0 atom stereocenters. The van der Waals surface area contributed by atoms with Crippen LogP contribution < -0.4 is 5.73 Å². The maximum Gasteiger partial charge on any atom is 0.0314 e. The molecule has 13 heavy (non-hydrogen) atoms. The molecule has 0 radical (unpaired) electrons. The number of nitrogen functional groups attached to an aromatic ring is 1. The Hall–Kier alpha value is -0.890. The number of thioether (sulfide) groups is 1. The van der Waals surface area contributed by atoms with Crippen LogP contribution in [0.25, 0.3) is 0 Å². The molecule has 0 aliphatic rings. The van der Waals surface area contributed by atoms with Gasteiger partial charge in [0.2, 0.25) is 0 Å². The predicted octanol–water partition coefficient (Wildman–Crippen LogP) is 3.33. The van der Waals surface area contributed by atoms with E-state index in [1.54, 1.807) is 0 Å². The summed E-state index contributed by atoms with van der Waals surface area (Å²) in [6.07, 6.45) is 1.08. The molecule has 0 heterocycles. The molecule has 1 nitrogen and oxygen atoms in total. The average Bonchev–Trinajstić information content (AvgIpc) is 2.08. The number of allylic oxidation sites excluding steroid dienone is 1. The summed E-state index contributed by atoms with van der Waals surface area (Å²) >= 11 is 1.84. The number of benzene rings is 1. The van der Waals surface area contributed by atoms with E-state index in [1.807, 2.05) is 23.9 Å². The highest BCUT2D eigenvalue weighted by Gasteiger charge is 1.93. The Balaban J connectivity index is 2.37. The van der Waals surface area contributed by atoms with Gasteiger partial charge in [-0.25, -0.2) is 0 Å². The van der Waals surface area contributed by atoms with Gasteiger partial charge in [-0.3, -0.25) is 0 Å². The van der Waals surface area contributed by atoms with Crippen LogP contribution in [0.5, 0.6) is 0 Å². The third-order valence-electron chi connectivity index (χ3n) is 1.68. The van der Waals surface area contributed by atoms with Crippen molar-refractivity contribution in [3.63, 3.8) is 0 Å². The maximum absolute atomic E-state index is 5.58. The van der Waals surface area contributed by atoms with Crippen molar-refractivity contribution >= 4 is 17.4 Å². The quantitative estimate of drug-likeness (QED) is 0.451. The lowest BCUT2D eigenvalue weighted by molar-refractivity contribution is 1.12. The molecular formula is C11H15NS. The first-order valence-corrected chi connectivity index (χ1v) is 5.30. The third-order valence-corrected chi connectivity index (χ3v) is 2.69. The normalized spacial score (nSPS) is 9.92. The molecule has 0 saturated heterocycles. The van der Waals surface area contributed by atoms with E-state index in [1.165, 1.54) is 10.5 Å². The van der Waals surface area contributed by atoms with Gasteiger partial charge in [-0.2, -0.15) is 0 Å². The molecule has 0 fully saturated rings. The second kappa shape index (κ2) is 4.97. The van der Waals surface area contributed by atoms with Gasteiger partial charge in [-0.15, -0.1) is 18.3 Å². The van der Waals surface area contributed by atoms with Crippen molar-refractivity contribution in [1.29, 1.82) is 0 Å². The van der Waals surface area contributed by atoms with Crippen molar-refractivity contribution in [2.45, 2.75) is 18.2 Å². The Bertz CT molecular complexity index is 277. The molecule has 2 heteroatoms. The lowest BCUT2D eigenvalue weighted by Gasteiger charge is -2.01. The molecule has 0 spiro atoms. The van der Waals surface area contributed by atoms with E-state index in [9.17, 15) is 0 Å². The van der Waals surface area contributed by atoms with Crippen LogP contribution >= 0.6 is 11.8 Å². The zero-order chi connectivity index (χ0) is 9.68. The molecular weight excluding hydrogens is 178 g/mol. The zero-order valence-corrected chi connectivity index (χ0v) is 8.73. The fraction of sp³-hybridized carbons (Fsp3) is 0.273. The second-order valence-electron chi connectivity index (χ2n) is 3.12. The van der Waals surface area contributed by atoms with Crippen molar-refractivity contribution in [3.05, 3.63) is 36.4 Å². The molecule has 0 aromatic heterocycles. The first-order valence-electron chi connectivity index (χ1n) is 4.31. The van der Waals surface area contributed by atoms with E-state index >= 15 is 0 Å². The van der Waals surface area contributed by atoms with E-state index in [0.717, 1.165) is 17.9 Å². The molecule has 0 aliphatic carbocycles. The third kappa shape index (κ3) is 4.04. The van der Waals surface area contributed by atoms with Gasteiger partial charge in [-0.05, 0) is 37.6 Å². The second-order valence-corrected chi connectivity index (χ2v) is 4.29. The first kappa shape index (κ1) is 10.2. The zero-order valence-electron chi connectivity index (χ0n) is 7.92. The van der Waals surface area contributed by atoms with Crippen molar-refractivity contribution < 1.29 is 0 Å². The van der Waals surface area contributed by atoms with Crippen molar-refractivity contribution in [2.24, 2.45) is 0 Å². The maximum atomic E-state index is 5.58. The number of hydrogen-bond donors (Lipinski definition) is 1. The fourth-order valence-electron chi connectivity index (χ4n) is 0.907. The summed E-state index contributed by atoms with van der Waals surface area (Å²) in [6.45, 7) is 5.93. The minimum Gasteiger partial charge on any atom is -0.399 e. The molecule has 0 saturated carbocycles. The monoisotopic (exact) mass is 193 g/mol. The summed E-state index contributed by atoms with van der Waals surface area (Å²) in [7, 11) is 0. The van der Waals surface area contributed by atoms with Gasteiger partial charge >= 0.3 is 0 Å². The van der Waals surface area contributed by atoms with Crippen LogP contribution in [0.15, 0.2) is 41.3 Å². The van der Waals surface area contributed by atoms with Crippen molar-refractivity contribution in [1.82, 2.24) is 0 Å². The van der Waals surface area contributed by atoms with Gasteiger partial charge < -0.3 is 5.73 Å². The molecule has 1 aromatic carbocycles. The van der Waals surface area contributed by atoms with E-state index < -0.39 is 0 Å². The van der Waals surface area contributed by atoms with Gasteiger partial charge in [0.15, 0.2) is 0 Å². The Kier molecular flexibility index (Phi) is 3.90. The van der Waals surface area contributed by atoms with Crippen molar-refractivity contribution in [3.8, 4) is 0 Å². The molecule has 2 N–H and O–H groups in total. The SMILES string of the molecule is C=C(C)CCSc1ccc(N)cc1. The molecule has 0 aliphatic heterocycles. The minimum absolute atomic E-state index is 0.823. The standard InChI is InChI=1S/C11H15NS/c1-9(2)7-8-13-11-5-3-10(12)4-6-11/h3-6H,1,7-8,12H2,2H3. The van der Waals surface area contributed by atoms with Crippen LogP contribution in [0.3, 0.4) is 0 Å². The molecule has 1 aromatic rings. The summed E-state index contributed by atoms with van der Waals surface area (Å²) < 4.78 is 0. The van der Waals surface area contributed by atoms with Gasteiger partial charge in [-0.1, -0.05) is 5.57 Å². The molecule has 70 valence electrons. The summed E-state index contributed by atoms with van der Waals surface area (Å²) in [4.78, 5) is 1.27. The molecule has 1 rings (SSSR count). The smallest absolute Gasteiger partial charge is 0.0314 e. The predicted molar refractivity (Wildman–Crippen MR) is 61.0 cm³/mol. The van der Waals surface area contributed by atoms with Gasteiger partial charge in [0.05, 0.1) is 0 Å².